The summed E-state index contributed by atoms with van der Waals surface area (Å²) >= 11 is 0. The van der Waals surface area contributed by atoms with Crippen LogP contribution < -0.4 is 0 Å². The minimum absolute atomic E-state index is 0.0181. The van der Waals surface area contributed by atoms with E-state index in [4.69, 9.17) is 10.00 Å². The van der Waals surface area contributed by atoms with Crippen molar-refractivity contribution in [2.45, 2.75) is 52.6 Å². The van der Waals surface area contributed by atoms with E-state index in [0.29, 0.717) is 17.8 Å². The van der Waals surface area contributed by atoms with Crippen LogP contribution in [-0.2, 0) is 9.53 Å². The van der Waals surface area contributed by atoms with E-state index in [1.54, 1.807) is 0 Å². The molecule has 1 fully saturated rings. The summed E-state index contributed by atoms with van der Waals surface area (Å²) in [6.45, 7) is 6.54. The molecule has 1 rings (SSSR count). The number of carbonyl (C=O) groups excluding carboxylic acids is 1. The number of hydrogen-bond donors (Lipinski definition) is 0. The van der Waals surface area contributed by atoms with Crippen molar-refractivity contribution in [3.63, 3.8) is 0 Å². The molecule has 0 aliphatic heterocycles. The Hall–Kier alpha value is -1.04. The third-order valence-electron chi connectivity index (χ3n) is 3.47. The first-order valence-electron chi connectivity index (χ1n) is 6.11. The quantitative estimate of drug-likeness (QED) is 0.691. The first-order chi connectivity index (χ1) is 7.54. The van der Waals surface area contributed by atoms with Gasteiger partial charge in [-0.05, 0) is 30.6 Å². The van der Waals surface area contributed by atoms with E-state index in [-0.39, 0.29) is 18.5 Å². The minimum Gasteiger partial charge on any atom is -0.461 e. The van der Waals surface area contributed by atoms with Crippen molar-refractivity contribution in [2.75, 3.05) is 0 Å². The Morgan fingerprint density at radius 2 is 2.19 bits per heavy atom. The van der Waals surface area contributed by atoms with Crippen LogP contribution in [0, 0.1) is 29.1 Å². The van der Waals surface area contributed by atoms with Crippen molar-refractivity contribution in [1.82, 2.24) is 0 Å². The van der Waals surface area contributed by atoms with Crippen LogP contribution in [0.5, 0.6) is 0 Å². The molecule has 1 saturated carbocycles. The zero-order valence-electron chi connectivity index (χ0n) is 10.4. The second-order valence-electron chi connectivity index (χ2n) is 5.19. The van der Waals surface area contributed by atoms with E-state index in [0.717, 1.165) is 12.8 Å². The zero-order valence-corrected chi connectivity index (χ0v) is 10.4. The van der Waals surface area contributed by atoms with Gasteiger partial charge in [0.2, 0.25) is 0 Å². The summed E-state index contributed by atoms with van der Waals surface area (Å²) in [5, 5.41) is 8.44. The lowest BCUT2D eigenvalue weighted by Gasteiger charge is -2.36. The molecule has 3 atom stereocenters. The molecule has 0 N–H and O–H groups in total. The predicted molar refractivity (Wildman–Crippen MR) is 61.5 cm³/mol. The molecule has 0 bridgehead atoms. The average Bonchev–Trinajstić information content (AvgIpc) is 2.17. The number of rotatable bonds is 3. The van der Waals surface area contributed by atoms with Gasteiger partial charge in [0.05, 0.1) is 6.07 Å². The van der Waals surface area contributed by atoms with Crippen molar-refractivity contribution in [2.24, 2.45) is 17.8 Å². The van der Waals surface area contributed by atoms with E-state index in [1.807, 2.05) is 6.07 Å². The van der Waals surface area contributed by atoms with E-state index in [1.165, 1.54) is 6.42 Å². The van der Waals surface area contributed by atoms with Crippen LogP contribution in [0.3, 0.4) is 0 Å². The monoisotopic (exact) mass is 223 g/mol. The lowest BCUT2D eigenvalue weighted by Crippen LogP contribution is -2.35. The van der Waals surface area contributed by atoms with Gasteiger partial charge in [-0.25, -0.2) is 0 Å². The molecular formula is C13H21NO2. The van der Waals surface area contributed by atoms with E-state index in [2.05, 4.69) is 20.8 Å². The molecule has 0 amide bonds. The second-order valence-corrected chi connectivity index (χ2v) is 5.19. The minimum atomic E-state index is -0.368. The largest absolute Gasteiger partial charge is 0.461 e. The Bertz CT molecular complexity index is 280. The molecule has 90 valence electrons. The molecule has 0 aromatic carbocycles. The lowest BCUT2D eigenvalue weighted by molar-refractivity contribution is -0.154. The van der Waals surface area contributed by atoms with Crippen molar-refractivity contribution in [3.05, 3.63) is 0 Å². The summed E-state index contributed by atoms with van der Waals surface area (Å²) in [5.74, 6) is 1.24. The first-order valence-corrected chi connectivity index (χ1v) is 6.11. The van der Waals surface area contributed by atoms with Gasteiger partial charge in [0, 0.05) is 0 Å². The van der Waals surface area contributed by atoms with Crippen molar-refractivity contribution < 1.29 is 9.53 Å². The highest BCUT2D eigenvalue weighted by Gasteiger charge is 2.33. The predicted octanol–water partition coefficient (Wildman–Crippen LogP) is 2.90. The van der Waals surface area contributed by atoms with Gasteiger partial charge in [-0.3, -0.25) is 4.79 Å². The van der Waals surface area contributed by atoms with Crippen LogP contribution in [0.25, 0.3) is 0 Å². The molecule has 0 aromatic heterocycles. The smallest absolute Gasteiger partial charge is 0.320 e. The molecule has 0 spiro atoms. The standard InChI is InChI=1S/C13H21NO2/c1-9(2)11-5-4-10(3)8-12(11)16-13(15)6-7-14/h9-12H,4-6,8H2,1-3H3/t10-,11+,12-/m0/s1. The Balaban J connectivity index is 2.58. The van der Waals surface area contributed by atoms with Crippen molar-refractivity contribution >= 4 is 5.97 Å². The highest BCUT2D eigenvalue weighted by atomic mass is 16.5. The second kappa shape index (κ2) is 5.89. The molecule has 0 saturated heterocycles. The topological polar surface area (TPSA) is 50.1 Å². The molecule has 16 heavy (non-hydrogen) atoms. The SMILES string of the molecule is CC(C)[C@H]1CC[C@H](C)C[C@@H]1OC(=O)CC#N. The van der Waals surface area contributed by atoms with Crippen LogP contribution in [0.1, 0.15) is 46.5 Å². The third kappa shape index (κ3) is 3.52. The third-order valence-corrected chi connectivity index (χ3v) is 3.47. The summed E-state index contributed by atoms with van der Waals surface area (Å²) in [4.78, 5) is 11.3. The molecule has 3 nitrogen and oxygen atoms in total. The number of ether oxygens (including phenoxy) is 1. The van der Waals surface area contributed by atoms with Crippen molar-refractivity contribution in [1.29, 1.82) is 5.26 Å². The molecule has 3 heteroatoms. The highest BCUT2D eigenvalue weighted by molar-refractivity contribution is 5.71. The van der Waals surface area contributed by atoms with Gasteiger partial charge in [-0.1, -0.05) is 27.2 Å². The highest BCUT2D eigenvalue weighted by Crippen LogP contribution is 2.35. The summed E-state index contributed by atoms with van der Waals surface area (Å²) in [5.41, 5.74) is 0. The Kier molecular flexibility index (Phi) is 4.79. The maximum Gasteiger partial charge on any atom is 0.320 e. The Morgan fingerprint density at radius 1 is 1.50 bits per heavy atom. The fourth-order valence-electron chi connectivity index (χ4n) is 2.53. The summed E-state index contributed by atoms with van der Waals surface area (Å²) in [7, 11) is 0. The van der Waals surface area contributed by atoms with Crippen LogP contribution in [0.4, 0.5) is 0 Å². The fourth-order valence-corrected chi connectivity index (χ4v) is 2.53. The van der Waals surface area contributed by atoms with Gasteiger partial charge in [0.15, 0.2) is 0 Å². The molecule has 1 aliphatic carbocycles. The molecule has 0 radical (unpaired) electrons. The maximum absolute atomic E-state index is 11.3. The summed E-state index contributed by atoms with van der Waals surface area (Å²) in [6, 6.07) is 1.84. The lowest BCUT2D eigenvalue weighted by atomic mass is 9.75. The number of nitrogens with zero attached hydrogens (tertiary/aromatic N) is 1. The molecule has 0 unspecified atom stereocenters. The van der Waals surface area contributed by atoms with Crippen molar-refractivity contribution in [3.8, 4) is 6.07 Å². The number of hydrogen-bond acceptors (Lipinski definition) is 3. The van der Waals surface area contributed by atoms with Gasteiger partial charge >= 0.3 is 5.97 Å². The normalized spacial score (nSPS) is 29.8. The zero-order chi connectivity index (χ0) is 12.1. The Morgan fingerprint density at radius 3 is 2.75 bits per heavy atom. The molecular weight excluding hydrogens is 202 g/mol. The number of esters is 1. The average molecular weight is 223 g/mol. The number of nitriles is 1. The van der Waals surface area contributed by atoms with Gasteiger partial charge in [-0.15, -0.1) is 0 Å². The van der Waals surface area contributed by atoms with Crippen LogP contribution in [-0.4, -0.2) is 12.1 Å². The van der Waals surface area contributed by atoms with Gasteiger partial charge < -0.3 is 4.74 Å². The summed E-state index contributed by atoms with van der Waals surface area (Å²) in [6.07, 6.45) is 3.18. The van der Waals surface area contributed by atoms with Crippen LogP contribution in [0.15, 0.2) is 0 Å². The summed E-state index contributed by atoms with van der Waals surface area (Å²) < 4.78 is 5.41. The molecule has 0 aromatic rings. The van der Waals surface area contributed by atoms with E-state index < -0.39 is 0 Å². The van der Waals surface area contributed by atoms with Gasteiger partial charge in [-0.2, -0.15) is 5.26 Å². The maximum atomic E-state index is 11.3. The van der Waals surface area contributed by atoms with Crippen LogP contribution in [0.2, 0.25) is 0 Å². The Labute approximate surface area is 97.8 Å². The van der Waals surface area contributed by atoms with E-state index >= 15 is 0 Å². The fraction of sp³-hybridized carbons (Fsp3) is 0.846. The van der Waals surface area contributed by atoms with Gasteiger partial charge in [0.25, 0.3) is 0 Å². The molecule has 1 aliphatic rings. The molecule has 0 heterocycles. The van der Waals surface area contributed by atoms with Crippen LogP contribution >= 0.6 is 0 Å². The first kappa shape index (κ1) is 13.0. The van der Waals surface area contributed by atoms with E-state index in [9.17, 15) is 4.79 Å². The number of carbonyl (C=O) groups is 1. The van der Waals surface area contributed by atoms with Gasteiger partial charge in [0.1, 0.15) is 12.5 Å².